The fraction of sp³-hybridized carbons (Fsp3) is 0.167. The van der Waals surface area contributed by atoms with Crippen LogP contribution in [0.4, 0.5) is 0 Å². The van der Waals surface area contributed by atoms with Crippen LogP contribution in [0.25, 0.3) is 21.5 Å². The van der Waals surface area contributed by atoms with Gasteiger partial charge in [0, 0.05) is 18.4 Å². The highest BCUT2D eigenvalue weighted by Crippen LogP contribution is 2.39. The normalized spacial score (nSPS) is 12.7. The first-order chi connectivity index (χ1) is 12.8. The predicted molar refractivity (Wildman–Crippen MR) is 109 cm³/mol. The SMILES string of the molecule is NCC(CO)C(c1cccc2ccccc12)c1cccc2ccccc12. The van der Waals surface area contributed by atoms with Crippen molar-refractivity contribution < 1.29 is 5.11 Å². The Balaban J connectivity index is 2.01. The van der Waals surface area contributed by atoms with Crippen LogP contribution in [0.3, 0.4) is 0 Å². The van der Waals surface area contributed by atoms with Gasteiger partial charge in [-0.25, -0.2) is 0 Å². The van der Waals surface area contributed by atoms with Crippen molar-refractivity contribution in [2.75, 3.05) is 13.2 Å². The minimum absolute atomic E-state index is 0.0355. The van der Waals surface area contributed by atoms with Gasteiger partial charge in [-0.05, 0) is 39.2 Å². The lowest BCUT2D eigenvalue weighted by Crippen LogP contribution is -2.26. The summed E-state index contributed by atoms with van der Waals surface area (Å²) in [6, 6.07) is 29.7. The lowest BCUT2D eigenvalue weighted by atomic mass is 9.77. The molecule has 0 radical (unpaired) electrons. The number of fused-ring (bicyclic) bond motifs is 2. The topological polar surface area (TPSA) is 46.2 Å². The third-order valence-electron chi connectivity index (χ3n) is 5.33. The third-order valence-corrected chi connectivity index (χ3v) is 5.33. The van der Waals surface area contributed by atoms with E-state index in [2.05, 4.69) is 84.9 Å². The molecule has 2 nitrogen and oxygen atoms in total. The molecular formula is C24H23NO. The fourth-order valence-corrected chi connectivity index (χ4v) is 4.03. The van der Waals surface area contributed by atoms with Crippen LogP contribution >= 0.6 is 0 Å². The van der Waals surface area contributed by atoms with E-state index in [0.29, 0.717) is 6.54 Å². The summed E-state index contributed by atoms with van der Waals surface area (Å²) >= 11 is 0. The lowest BCUT2D eigenvalue weighted by molar-refractivity contribution is 0.218. The molecule has 0 aromatic heterocycles. The molecule has 26 heavy (non-hydrogen) atoms. The minimum Gasteiger partial charge on any atom is -0.396 e. The maximum absolute atomic E-state index is 10.1. The molecule has 4 aromatic rings. The van der Waals surface area contributed by atoms with Crippen molar-refractivity contribution in [1.82, 2.24) is 0 Å². The van der Waals surface area contributed by atoms with Crippen molar-refractivity contribution in [3.05, 3.63) is 96.1 Å². The van der Waals surface area contributed by atoms with Gasteiger partial charge in [-0.3, -0.25) is 0 Å². The maximum atomic E-state index is 10.1. The molecule has 130 valence electrons. The monoisotopic (exact) mass is 341 g/mol. The van der Waals surface area contributed by atoms with Crippen molar-refractivity contribution in [2.45, 2.75) is 5.92 Å². The van der Waals surface area contributed by atoms with Crippen LogP contribution < -0.4 is 5.73 Å². The molecule has 0 aliphatic heterocycles. The summed E-state index contributed by atoms with van der Waals surface area (Å²) in [6.45, 7) is 0.501. The van der Waals surface area contributed by atoms with E-state index in [1.165, 1.54) is 32.7 Å². The second-order valence-electron chi connectivity index (χ2n) is 6.79. The average molecular weight is 341 g/mol. The Morgan fingerprint density at radius 1 is 0.654 bits per heavy atom. The van der Waals surface area contributed by atoms with Crippen molar-refractivity contribution in [3.63, 3.8) is 0 Å². The Labute approximate surface area is 153 Å². The van der Waals surface area contributed by atoms with Crippen LogP contribution in [-0.4, -0.2) is 18.3 Å². The number of aliphatic hydroxyl groups excluding tert-OH is 1. The molecule has 3 N–H and O–H groups in total. The first kappa shape index (κ1) is 16.8. The highest BCUT2D eigenvalue weighted by Gasteiger charge is 2.26. The second-order valence-corrected chi connectivity index (χ2v) is 6.79. The first-order valence-electron chi connectivity index (χ1n) is 9.09. The molecular weight excluding hydrogens is 318 g/mol. The van der Waals surface area contributed by atoms with Gasteiger partial charge in [0.15, 0.2) is 0 Å². The average Bonchev–Trinajstić information content (AvgIpc) is 2.71. The van der Waals surface area contributed by atoms with Crippen molar-refractivity contribution in [1.29, 1.82) is 0 Å². The summed E-state index contributed by atoms with van der Waals surface area (Å²) in [7, 11) is 0. The van der Waals surface area contributed by atoms with Crippen molar-refractivity contribution in [3.8, 4) is 0 Å². The molecule has 1 atom stereocenters. The molecule has 0 bridgehead atoms. The molecule has 0 spiro atoms. The van der Waals surface area contributed by atoms with E-state index in [1.807, 2.05) is 0 Å². The molecule has 4 aromatic carbocycles. The summed E-state index contributed by atoms with van der Waals surface area (Å²) in [5, 5.41) is 15.0. The minimum atomic E-state index is -0.0355. The van der Waals surface area contributed by atoms with Crippen LogP contribution in [0.1, 0.15) is 17.0 Å². The van der Waals surface area contributed by atoms with E-state index in [1.54, 1.807) is 0 Å². The summed E-state index contributed by atoms with van der Waals surface area (Å²) in [6.07, 6.45) is 0. The summed E-state index contributed by atoms with van der Waals surface area (Å²) in [4.78, 5) is 0. The van der Waals surface area contributed by atoms with Gasteiger partial charge in [-0.15, -0.1) is 0 Å². The molecule has 0 amide bonds. The first-order valence-corrected chi connectivity index (χ1v) is 9.09. The van der Waals surface area contributed by atoms with Crippen molar-refractivity contribution >= 4 is 21.5 Å². The van der Waals surface area contributed by atoms with Gasteiger partial charge in [0.1, 0.15) is 0 Å². The van der Waals surface area contributed by atoms with E-state index >= 15 is 0 Å². The van der Waals surface area contributed by atoms with E-state index < -0.39 is 0 Å². The van der Waals surface area contributed by atoms with Gasteiger partial charge in [-0.1, -0.05) is 84.9 Å². The Hall–Kier alpha value is -2.68. The number of hydrogen-bond donors (Lipinski definition) is 2. The van der Waals surface area contributed by atoms with Crippen LogP contribution in [0.5, 0.6) is 0 Å². The predicted octanol–water partition coefficient (Wildman–Crippen LogP) is 4.69. The maximum Gasteiger partial charge on any atom is 0.0480 e. The van der Waals surface area contributed by atoms with Gasteiger partial charge < -0.3 is 10.8 Å². The molecule has 1 unspecified atom stereocenters. The van der Waals surface area contributed by atoms with Gasteiger partial charge >= 0.3 is 0 Å². The molecule has 0 fully saturated rings. The third kappa shape index (κ3) is 2.88. The zero-order valence-corrected chi connectivity index (χ0v) is 14.7. The van der Waals surface area contributed by atoms with Gasteiger partial charge in [0.05, 0.1) is 0 Å². The number of aliphatic hydroxyl groups is 1. The van der Waals surface area contributed by atoms with E-state index in [9.17, 15) is 5.11 Å². The lowest BCUT2D eigenvalue weighted by Gasteiger charge is -2.28. The molecule has 0 aliphatic carbocycles. The van der Waals surface area contributed by atoms with Crippen molar-refractivity contribution in [2.24, 2.45) is 11.7 Å². The molecule has 0 saturated heterocycles. The van der Waals surface area contributed by atoms with Crippen LogP contribution in [0, 0.1) is 5.92 Å². The highest BCUT2D eigenvalue weighted by molar-refractivity contribution is 5.90. The zero-order chi connectivity index (χ0) is 17.9. The number of nitrogens with two attached hydrogens (primary N) is 1. The Bertz CT molecular complexity index is 946. The molecule has 0 aliphatic rings. The zero-order valence-electron chi connectivity index (χ0n) is 14.7. The Kier molecular flexibility index (Phi) is 4.70. The smallest absolute Gasteiger partial charge is 0.0480 e. The standard InChI is InChI=1S/C24H23NO/c25-15-19(16-26)24(22-13-5-9-17-7-1-3-11-20(17)22)23-14-6-10-18-8-2-4-12-21(18)23/h1-14,19,24,26H,15-16,25H2. The summed E-state index contributed by atoms with van der Waals surface area (Å²) in [5.74, 6) is 0.00816. The quantitative estimate of drug-likeness (QED) is 0.553. The Morgan fingerprint density at radius 2 is 1.12 bits per heavy atom. The van der Waals surface area contributed by atoms with Crippen LogP contribution in [0.15, 0.2) is 84.9 Å². The summed E-state index contributed by atoms with van der Waals surface area (Å²) < 4.78 is 0. The van der Waals surface area contributed by atoms with Gasteiger partial charge in [-0.2, -0.15) is 0 Å². The molecule has 0 saturated carbocycles. The van der Waals surface area contributed by atoms with E-state index in [0.717, 1.165) is 0 Å². The Morgan fingerprint density at radius 3 is 1.58 bits per heavy atom. The van der Waals surface area contributed by atoms with E-state index in [-0.39, 0.29) is 18.4 Å². The summed E-state index contributed by atoms with van der Waals surface area (Å²) in [5.41, 5.74) is 8.54. The van der Waals surface area contributed by atoms with Crippen LogP contribution in [-0.2, 0) is 0 Å². The van der Waals surface area contributed by atoms with Gasteiger partial charge in [0.2, 0.25) is 0 Å². The largest absolute Gasteiger partial charge is 0.396 e. The van der Waals surface area contributed by atoms with Gasteiger partial charge in [0.25, 0.3) is 0 Å². The number of rotatable bonds is 5. The number of benzene rings is 4. The van der Waals surface area contributed by atoms with Crippen LogP contribution in [0.2, 0.25) is 0 Å². The fourth-order valence-electron chi connectivity index (χ4n) is 4.03. The molecule has 0 heterocycles. The molecule has 4 rings (SSSR count). The van der Waals surface area contributed by atoms with E-state index in [4.69, 9.17) is 5.73 Å². The number of hydrogen-bond acceptors (Lipinski definition) is 2. The molecule has 2 heteroatoms. The highest BCUT2D eigenvalue weighted by atomic mass is 16.3. The second kappa shape index (κ2) is 7.28.